The summed E-state index contributed by atoms with van der Waals surface area (Å²) in [6.45, 7) is 18.4. The van der Waals surface area contributed by atoms with Crippen LogP contribution in [0.4, 0.5) is 5.69 Å². The SMILES string of the molecule is C=C/C=C(\C)c1cc(NC(C)C)c(CN)c(C(N)=O)c1.CCNN.CN.Cc1cc(C)c(C)c(=O)[nH]1. The van der Waals surface area contributed by atoms with Crippen LogP contribution in [0.2, 0.25) is 0 Å². The summed E-state index contributed by atoms with van der Waals surface area (Å²) in [5, 5.41) is 3.32. The van der Waals surface area contributed by atoms with Crippen molar-refractivity contribution in [1.29, 1.82) is 0 Å². The number of benzene rings is 1. The van der Waals surface area contributed by atoms with Gasteiger partial charge >= 0.3 is 0 Å². The zero-order valence-electron chi connectivity index (χ0n) is 23.2. The van der Waals surface area contributed by atoms with Crippen molar-refractivity contribution < 1.29 is 4.79 Å². The molecule has 0 fully saturated rings. The van der Waals surface area contributed by atoms with Gasteiger partial charge in [0.2, 0.25) is 5.91 Å². The minimum absolute atomic E-state index is 0.0255. The molecule has 0 aliphatic heterocycles. The van der Waals surface area contributed by atoms with Crippen LogP contribution in [-0.4, -0.2) is 30.5 Å². The number of aromatic nitrogens is 1. The summed E-state index contributed by atoms with van der Waals surface area (Å²) in [6, 6.07) is 5.98. The van der Waals surface area contributed by atoms with Crippen LogP contribution in [-0.2, 0) is 6.54 Å². The van der Waals surface area contributed by atoms with E-state index in [4.69, 9.17) is 17.3 Å². The number of rotatable bonds is 7. The number of pyridine rings is 1. The van der Waals surface area contributed by atoms with Crippen LogP contribution >= 0.6 is 0 Å². The van der Waals surface area contributed by atoms with Crippen molar-refractivity contribution in [3.8, 4) is 0 Å². The second-order valence-corrected chi connectivity index (χ2v) is 8.15. The van der Waals surface area contributed by atoms with Gasteiger partial charge in [-0.25, -0.2) is 0 Å². The highest BCUT2D eigenvalue weighted by Crippen LogP contribution is 2.27. The maximum Gasteiger partial charge on any atom is 0.251 e. The summed E-state index contributed by atoms with van der Waals surface area (Å²) in [5.41, 5.74) is 25.0. The van der Waals surface area contributed by atoms with Crippen molar-refractivity contribution in [2.75, 3.05) is 18.9 Å². The zero-order valence-corrected chi connectivity index (χ0v) is 23.2. The first-order chi connectivity index (χ1) is 16.9. The first kappa shape index (κ1) is 34.9. The number of primary amides is 1. The van der Waals surface area contributed by atoms with Crippen LogP contribution in [0.1, 0.15) is 66.0 Å². The lowest BCUT2D eigenvalue weighted by Gasteiger charge is -2.18. The van der Waals surface area contributed by atoms with Gasteiger partial charge in [0, 0.05) is 47.2 Å². The second kappa shape index (κ2) is 19.0. The Balaban J connectivity index is 0. The lowest BCUT2D eigenvalue weighted by atomic mass is 9.96. The molecule has 0 bridgehead atoms. The van der Waals surface area contributed by atoms with Crippen molar-refractivity contribution in [3.05, 3.63) is 80.8 Å². The molecule has 0 radical (unpaired) electrons. The third kappa shape index (κ3) is 12.5. The molecule has 1 aromatic heterocycles. The average Bonchev–Trinajstić information content (AvgIpc) is 2.83. The van der Waals surface area contributed by atoms with Crippen LogP contribution in [0.15, 0.2) is 41.7 Å². The number of nitrogens with one attached hydrogen (secondary N) is 3. The highest BCUT2D eigenvalue weighted by atomic mass is 16.1. The van der Waals surface area contributed by atoms with Gasteiger partial charge in [0.25, 0.3) is 5.56 Å². The Morgan fingerprint density at radius 3 is 2.11 bits per heavy atom. The van der Waals surface area contributed by atoms with E-state index in [1.165, 1.54) is 7.05 Å². The summed E-state index contributed by atoms with van der Waals surface area (Å²) in [6.07, 6.45) is 3.60. The number of H-pyrrole nitrogens is 1. The van der Waals surface area contributed by atoms with Crippen molar-refractivity contribution >= 4 is 17.2 Å². The van der Waals surface area contributed by atoms with Gasteiger partial charge in [-0.15, -0.1) is 0 Å². The van der Waals surface area contributed by atoms with Gasteiger partial charge in [0.15, 0.2) is 0 Å². The maximum atomic E-state index is 11.7. The molecule has 202 valence electrons. The van der Waals surface area contributed by atoms with Crippen LogP contribution in [0.5, 0.6) is 0 Å². The number of carbonyl (C=O) groups is 1. The number of hydrogen-bond acceptors (Lipinski definition) is 7. The Bertz CT molecular complexity index is 1040. The van der Waals surface area contributed by atoms with E-state index < -0.39 is 5.91 Å². The largest absolute Gasteiger partial charge is 0.383 e. The predicted octanol–water partition coefficient (Wildman–Crippen LogP) is 3.00. The number of allylic oxidation sites excluding steroid dienone is 3. The van der Waals surface area contributed by atoms with Gasteiger partial charge in [-0.3, -0.25) is 20.9 Å². The summed E-state index contributed by atoms with van der Waals surface area (Å²) < 4.78 is 0. The predicted molar refractivity (Wildman–Crippen MR) is 155 cm³/mol. The molecule has 11 N–H and O–H groups in total. The zero-order chi connectivity index (χ0) is 28.4. The summed E-state index contributed by atoms with van der Waals surface area (Å²) >= 11 is 0. The van der Waals surface area contributed by atoms with Gasteiger partial charge < -0.3 is 27.5 Å². The number of hydrazine groups is 1. The quantitative estimate of drug-likeness (QED) is 0.173. The molecule has 0 unspecified atom stereocenters. The smallest absolute Gasteiger partial charge is 0.251 e. The highest BCUT2D eigenvalue weighted by Gasteiger charge is 2.15. The Kier molecular flexibility index (Phi) is 18.4. The topological polar surface area (TPSA) is 178 Å². The first-order valence-electron chi connectivity index (χ1n) is 11.8. The molecular formula is C27H47N7O2. The number of aromatic amines is 1. The normalized spacial score (nSPS) is 10.2. The lowest BCUT2D eigenvalue weighted by molar-refractivity contribution is 0.0999. The number of amides is 1. The van der Waals surface area contributed by atoms with Gasteiger partial charge in [-0.2, -0.15) is 0 Å². The standard InChI is InChI=1S/C16H23N3O.C8H11NO.C2H8N2.CH5N/c1-5-6-11(4)12-7-13(16(18)20)14(9-17)15(8-12)19-10(2)3;1-5-4-6(2)9-8(10)7(5)3;1-2-4-3;1-2/h5-8,10,19H,1,9,17H2,2-4H3,(H2,18,20);4H,1-3H3,(H,9,10);4H,2-3H2,1H3;2H2,1H3/b11-6+;;;. The molecule has 1 amide bonds. The van der Waals surface area contributed by atoms with Crippen LogP contribution in [0, 0.1) is 20.8 Å². The van der Waals surface area contributed by atoms with Gasteiger partial charge in [-0.05, 0) is 83.5 Å². The van der Waals surface area contributed by atoms with Gasteiger partial charge in [0.1, 0.15) is 0 Å². The molecule has 36 heavy (non-hydrogen) atoms. The molecule has 0 saturated heterocycles. The number of nitrogens with two attached hydrogens (primary N) is 4. The third-order valence-corrected chi connectivity index (χ3v) is 4.87. The van der Waals surface area contributed by atoms with Crippen molar-refractivity contribution in [1.82, 2.24) is 10.4 Å². The van der Waals surface area contributed by atoms with E-state index in [1.54, 1.807) is 12.1 Å². The fraction of sp³-hybridized carbons (Fsp3) is 0.407. The molecule has 2 aromatic rings. The minimum atomic E-state index is -0.467. The van der Waals surface area contributed by atoms with E-state index in [2.05, 4.69) is 28.0 Å². The number of carbonyl (C=O) groups excluding carboxylic acids is 1. The number of hydrogen-bond donors (Lipinski definition) is 7. The van der Waals surface area contributed by atoms with Crippen molar-refractivity contribution in [2.24, 2.45) is 23.0 Å². The molecule has 0 spiro atoms. The van der Waals surface area contributed by atoms with Crippen LogP contribution in [0.25, 0.3) is 5.57 Å². The summed E-state index contributed by atoms with van der Waals surface area (Å²) in [5.74, 6) is 4.31. The Morgan fingerprint density at radius 1 is 1.17 bits per heavy atom. The molecular weight excluding hydrogens is 454 g/mol. The maximum absolute atomic E-state index is 11.7. The fourth-order valence-corrected chi connectivity index (χ4v) is 2.97. The second-order valence-electron chi connectivity index (χ2n) is 8.15. The molecule has 0 aliphatic rings. The fourth-order valence-electron chi connectivity index (χ4n) is 2.97. The Hall–Kier alpha value is -3.24. The molecule has 9 heteroatoms. The Labute approximate surface area is 216 Å². The van der Waals surface area contributed by atoms with Gasteiger partial charge in [-0.1, -0.05) is 25.7 Å². The molecule has 9 nitrogen and oxygen atoms in total. The third-order valence-electron chi connectivity index (χ3n) is 4.87. The minimum Gasteiger partial charge on any atom is -0.383 e. The average molecular weight is 502 g/mol. The van der Waals surface area contributed by atoms with E-state index in [-0.39, 0.29) is 18.1 Å². The van der Waals surface area contributed by atoms with Gasteiger partial charge in [0.05, 0.1) is 0 Å². The van der Waals surface area contributed by atoms with Crippen LogP contribution in [0.3, 0.4) is 0 Å². The van der Waals surface area contributed by atoms with E-state index in [9.17, 15) is 9.59 Å². The molecule has 2 rings (SSSR count). The summed E-state index contributed by atoms with van der Waals surface area (Å²) in [7, 11) is 1.50. The number of aryl methyl sites for hydroxylation is 2. The van der Waals surface area contributed by atoms with E-state index in [0.717, 1.165) is 45.8 Å². The molecule has 0 saturated carbocycles. The van der Waals surface area contributed by atoms with Crippen LogP contribution < -0.4 is 39.3 Å². The van der Waals surface area contributed by atoms with E-state index in [0.29, 0.717) is 5.56 Å². The van der Waals surface area contributed by atoms with E-state index >= 15 is 0 Å². The molecule has 1 aromatic carbocycles. The molecule has 1 heterocycles. The first-order valence-corrected chi connectivity index (χ1v) is 11.8. The monoisotopic (exact) mass is 501 g/mol. The number of anilines is 1. The molecule has 0 aliphatic carbocycles. The summed E-state index contributed by atoms with van der Waals surface area (Å²) in [4.78, 5) is 25.4. The van der Waals surface area contributed by atoms with Crippen molar-refractivity contribution in [3.63, 3.8) is 0 Å². The van der Waals surface area contributed by atoms with E-state index in [1.807, 2.05) is 66.7 Å². The van der Waals surface area contributed by atoms with Crippen molar-refractivity contribution in [2.45, 2.75) is 61.1 Å². The lowest BCUT2D eigenvalue weighted by Crippen LogP contribution is -2.20. The Morgan fingerprint density at radius 2 is 1.72 bits per heavy atom. The highest BCUT2D eigenvalue weighted by molar-refractivity contribution is 5.97. The molecule has 0 atom stereocenters.